The van der Waals surface area contributed by atoms with Gasteiger partial charge in [-0.25, -0.2) is 8.42 Å². The summed E-state index contributed by atoms with van der Waals surface area (Å²) in [4.78, 5) is 0. The molecule has 0 aromatic carbocycles. The Balaban J connectivity index is 2.67. The van der Waals surface area contributed by atoms with Crippen LogP contribution in [0.5, 0.6) is 0 Å². The van der Waals surface area contributed by atoms with E-state index in [1.54, 1.807) is 4.31 Å². The van der Waals surface area contributed by atoms with Gasteiger partial charge in [-0.2, -0.15) is 4.31 Å². The third-order valence-corrected chi connectivity index (χ3v) is 3.99. The Kier molecular flexibility index (Phi) is 4.01. The summed E-state index contributed by atoms with van der Waals surface area (Å²) in [5, 5.41) is 0. The number of nitrogens with zero attached hydrogens (tertiary/aromatic N) is 1. The topological polar surface area (TPSA) is 37.4 Å². The molecule has 1 fully saturated rings. The van der Waals surface area contributed by atoms with Gasteiger partial charge in [0.2, 0.25) is 10.0 Å². The number of alkyl halides is 1. The Hall–Kier alpha value is 0.200. The first-order chi connectivity index (χ1) is 6.05. The molecule has 0 aromatic rings. The molecule has 0 radical (unpaired) electrons. The first-order valence-electron chi connectivity index (χ1n) is 4.58. The SMILES string of the molecule is CS(=O)(=O)N1CCCCC1CCCl. The fourth-order valence-corrected chi connectivity index (χ4v) is 3.29. The molecule has 0 N–H and O–H groups in total. The Morgan fingerprint density at radius 1 is 1.46 bits per heavy atom. The molecule has 0 aromatic heterocycles. The van der Waals surface area contributed by atoms with Gasteiger partial charge in [0.05, 0.1) is 6.26 Å². The molecule has 1 rings (SSSR count). The van der Waals surface area contributed by atoms with Crippen LogP contribution in [0.25, 0.3) is 0 Å². The minimum Gasteiger partial charge on any atom is -0.212 e. The molecule has 1 saturated heterocycles. The Morgan fingerprint density at radius 2 is 2.15 bits per heavy atom. The standard InChI is InChI=1S/C8H16ClNO2S/c1-13(11,12)10-7-3-2-4-8(10)5-6-9/h8H,2-7H2,1H3. The van der Waals surface area contributed by atoms with Crippen molar-refractivity contribution in [2.45, 2.75) is 31.7 Å². The van der Waals surface area contributed by atoms with Gasteiger partial charge in [-0.3, -0.25) is 0 Å². The lowest BCUT2D eigenvalue weighted by molar-refractivity contribution is 0.249. The van der Waals surface area contributed by atoms with Crippen LogP contribution in [0.3, 0.4) is 0 Å². The van der Waals surface area contributed by atoms with Gasteiger partial charge in [0.1, 0.15) is 0 Å². The fourth-order valence-electron chi connectivity index (χ4n) is 1.83. The van der Waals surface area contributed by atoms with E-state index in [9.17, 15) is 8.42 Å². The number of rotatable bonds is 3. The van der Waals surface area contributed by atoms with Crippen molar-refractivity contribution >= 4 is 21.6 Å². The van der Waals surface area contributed by atoms with Crippen molar-refractivity contribution < 1.29 is 8.42 Å². The van der Waals surface area contributed by atoms with E-state index in [2.05, 4.69) is 0 Å². The van der Waals surface area contributed by atoms with Gasteiger partial charge in [-0.05, 0) is 19.3 Å². The smallest absolute Gasteiger partial charge is 0.211 e. The van der Waals surface area contributed by atoms with E-state index in [0.29, 0.717) is 12.4 Å². The highest BCUT2D eigenvalue weighted by atomic mass is 35.5. The van der Waals surface area contributed by atoms with Crippen molar-refractivity contribution in [3.63, 3.8) is 0 Å². The summed E-state index contributed by atoms with van der Waals surface area (Å²) in [6.45, 7) is 0.667. The zero-order valence-corrected chi connectivity index (χ0v) is 9.44. The highest BCUT2D eigenvalue weighted by Crippen LogP contribution is 2.22. The molecule has 0 saturated carbocycles. The zero-order chi connectivity index (χ0) is 9.90. The lowest BCUT2D eigenvalue weighted by atomic mass is 10.0. The van der Waals surface area contributed by atoms with Gasteiger partial charge in [0.25, 0.3) is 0 Å². The zero-order valence-electron chi connectivity index (χ0n) is 7.87. The minimum absolute atomic E-state index is 0.140. The van der Waals surface area contributed by atoms with E-state index in [-0.39, 0.29) is 6.04 Å². The van der Waals surface area contributed by atoms with Crippen molar-refractivity contribution in [3.8, 4) is 0 Å². The predicted molar refractivity (Wildman–Crippen MR) is 54.5 cm³/mol. The van der Waals surface area contributed by atoms with Gasteiger partial charge < -0.3 is 0 Å². The summed E-state index contributed by atoms with van der Waals surface area (Å²) in [7, 11) is -3.02. The van der Waals surface area contributed by atoms with E-state index in [4.69, 9.17) is 11.6 Å². The molecule has 13 heavy (non-hydrogen) atoms. The first-order valence-corrected chi connectivity index (χ1v) is 6.97. The molecule has 0 bridgehead atoms. The van der Waals surface area contributed by atoms with Crippen LogP contribution in [0.15, 0.2) is 0 Å². The molecular weight excluding hydrogens is 210 g/mol. The molecule has 1 aliphatic heterocycles. The molecule has 0 aliphatic carbocycles. The van der Waals surface area contributed by atoms with Crippen molar-refractivity contribution in [1.82, 2.24) is 4.31 Å². The van der Waals surface area contributed by atoms with Crippen LogP contribution in [0.4, 0.5) is 0 Å². The number of hydrogen-bond donors (Lipinski definition) is 0. The highest BCUT2D eigenvalue weighted by molar-refractivity contribution is 7.88. The van der Waals surface area contributed by atoms with Crippen LogP contribution in [0.2, 0.25) is 0 Å². The lowest BCUT2D eigenvalue weighted by Crippen LogP contribution is -2.43. The maximum atomic E-state index is 11.4. The average Bonchev–Trinajstić information content (AvgIpc) is 2.04. The summed E-state index contributed by atoms with van der Waals surface area (Å²) in [6, 6.07) is 0.140. The van der Waals surface area contributed by atoms with Crippen LogP contribution in [0, 0.1) is 0 Å². The van der Waals surface area contributed by atoms with Crippen molar-refractivity contribution in [2.75, 3.05) is 18.7 Å². The van der Waals surface area contributed by atoms with Crippen LogP contribution >= 0.6 is 11.6 Å². The number of halogens is 1. The Morgan fingerprint density at radius 3 is 2.69 bits per heavy atom. The third kappa shape index (κ3) is 3.11. The lowest BCUT2D eigenvalue weighted by Gasteiger charge is -2.33. The van der Waals surface area contributed by atoms with E-state index in [0.717, 1.165) is 25.7 Å². The fraction of sp³-hybridized carbons (Fsp3) is 1.00. The Bertz CT molecular complexity index is 251. The minimum atomic E-state index is -3.02. The summed E-state index contributed by atoms with van der Waals surface area (Å²) in [6.07, 6.45) is 5.10. The van der Waals surface area contributed by atoms with Crippen molar-refractivity contribution in [3.05, 3.63) is 0 Å². The van der Waals surface area contributed by atoms with Gasteiger partial charge in [-0.15, -0.1) is 11.6 Å². The van der Waals surface area contributed by atoms with E-state index in [1.807, 2.05) is 0 Å². The van der Waals surface area contributed by atoms with Crippen LogP contribution in [0.1, 0.15) is 25.7 Å². The quantitative estimate of drug-likeness (QED) is 0.682. The van der Waals surface area contributed by atoms with Gasteiger partial charge in [-0.1, -0.05) is 6.42 Å². The molecule has 3 nitrogen and oxygen atoms in total. The molecule has 78 valence electrons. The van der Waals surface area contributed by atoms with E-state index < -0.39 is 10.0 Å². The molecule has 0 spiro atoms. The summed E-state index contributed by atoms with van der Waals surface area (Å²) in [5.74, 6) is 0.538. The molecule has 5 heteroatoms. The first kappa shape index (κ1) is 11.3. The second-order valence-corrected chi connectivity index (χ2v) is 5.81. The molecule has 1 unspecified atom stereocenters. The second kappa shape index (κ2) is 4.62. The number of hydrogen-bond acceptors (Lipinski definition) is 2. The molecule has 1 atom stereocenters. The normalized spacial score (nSPS) is 26.2. The summed E-state index contributed by atoms with van der Waals surface area (Å²) in [5.41, 5.74) is 0. The van der Waals surface area contributed by atoms with E-state index >= 15 is 0 Å². The second-order valence-electron chi connectivity index (χ2n) is 3.50. The van der Waals surface area contributed by atoms with Gasteiger partial charge in [0.15, 0.2) is 0 Å². The maximum Gasteiger partial charge on any atom is 0.211 e. The molecule has 1 heterocycles. The third-order valence-electron chi connectivity index (χ3n) is 2.44. The summed E-state index contributed by atoms with van der Waals surface area (Å²) >= 11 is 5.63. The van der Waals surface area contributed by atoms with Crippen LogP contribution in [-0.2, 0) is 10.0 Å². The van der Waals surface area contributed by atoms with Gasteiger partial charge >= 0.3 is 0 Å². The molecular formula is C8H16ClNO2S. The highest BCUT2D eigenvalue weighted by Gasteiger charge is 2.28. The molecule has 0 amide bonds. The largest absolute Gasteiger partial charge is 0.212 e. The van der Waals surface area contributed by atoms with E-state index in [1.165, 1.54) is 6.26 Å². The van der Waals surface area contributed by atoms with Gasteiger partial charge in [0, 0.05) is 18.5 Å². The average molecular weight is 226 g/mol. The van der Waals surface area contributed by atoms with Crippen molar-refractivity contribution in [1.29, 1.82) is 0 Å². The number of sulfonamides is 1. The summed E-state index contributed by atoms with van der Waals surface area (Å²) < 4.78 is 24.3. The monoisotopic (exact) mass is 225 g/mol. The molecule has 1 aliphatic rings. The van der Waals surface area contributed by atoms with Crippen LogP contribution < -0.4 is 0 Å². The maximum absolute atomic E-state index is 11.4. The Labute approximate surface area is 85.1 Å². The predicted octanol–water partition coefficient (Wildman–Crippen LogP) is 1.43. The van der Waals surface area contributed by atoms with Crippen molar-refractivity contribution in [2.24, 2.45) is 0 Å². The number of piperidine rings is 1. The van der Waals surface area contributed by atoms with Crippen LogP contribution in [-0.4, -0.2) is 37.4 Å².